The van der Waals surface area contributed by atoms with E-state index in [-0.39, 0.29) is 0 Å². The van der Waals surface area contributed by atoms with E-state index in [1.54, 1.807) is 0 Å². The lowest BCUT2D eigenvalue weighted by Gasteiger charge is -2.25. The summed E-state index contributed by atoms with van der Waals surface area (Å²) in [5.41, 5.74) is 1.37. The summed E-state index contributed by atoms with van der Waals surface area (Å²) in [4.78, 5) is 7.10. The second-order valence-electron chi connectivity index (χ2n) is 5.18. The summed E-state index contributed by atoms with van der Waals surface area (Å²) in [6, 6.07) is 5.32. The van der Waals surface area contributed by atoms with Gasteiger partial charge in [0.15, 0.2) is 0 Å². The average molecular weight is 247 g/mol. The molecule has 1 aliphatic heterocycles. The van der Waals surface area contributed by atoms with Crippen LogP contribution < -0.4 is 5.32 Å². The van der Waals surface area contributed by atoms with Crippen molar-refractivity contribution in [2.75, 3.05) is 18.4 Å². The van der Waals surface area contributed by atoms with Crippen molar-refractivity contribution in [3.05, 3.63) is 23.9 Å². The van der Waals surface area contributed by atoms with Gasteiger partial charge in [0.1, 0.15) is 5.82 Å². The third kappa shape index (κ3) is 2.83. The summed E-state index contributed by atoms with van der Waals surface area (Å²) in [5, 5.41) is 3.54. The molecule has 1 aliphatic rings. The Labute approximate surface area is 111 Å². The lowest BCUT2D eigenvalue weighted by Crippen LogP contribution is -2.25. The minimum absolute atomic E-state index is 0.482. The highest BCUT2D eigenvalue weighted by Crippen LogP contribution is 2.34. The van der Waals surface area contributed by atoms with Crippen LogP contribution in [-0.4, -0.2) is 29.0 Å². The number of hydrogen-bond acceptors (Lipinski definition) is 3. The number of likely N-dealkylation sites (tertiary alicyclic amines) is 1. The molecular formula is C15H25N3. The molecular weight excluding hydrogens is 222 g/mol. The molecule has 0 spiro atoms. The van der Waals surface area contributed by atoms with Crippen molar-refractivity contribution in [3.8, 4) is 0 Å². The second-order valence-corrected chi connectivity index (χ2v) is 5.18. The minimum Gasteiger partial charge on any atom is -0.367 e. The van der Waals surface area contributed by atoms with Crippen LogP contribution in [0, 0.1) is 0 Å². The summed E-state index contributed by atoms with van der Waals surface area (Å²) in [6.45, 7) is 9.01. The van der Waals surface area contributed by atoms with Gasteiger partial charge in [-0.1, -0.05) is 19.9 Å². The van der Waals surface area contributed by atoms with Crippen LogP contribution in [0.5, 0.6) is 0 Å². The average Bonchev–Trinajstić information content (AvgIpc) is 2.87. The number of nitrogens with zero attached hydrogens (tertiary/aromatic N) is 2. The van der Waals surface area contributed by atoms with Crippen molar-refractivity contribution < 1.29 is 0 Å². The van der Waals surface area contributed by atoms with Gasteiger partial charge >= 0.3 is 0 Å². The summed E-state index contributed by atoms with van der Waals surface area (Å²) >= 11 is 0. The quantitative estimate of drug-likeness (QED) is 0.864. The maximum Gasteiger partial charge on any atom is 0.130 e. The zero-order valence-corrected chi connectivity index (χ0v) is 11.8. The summed E-state index contributed by atoms with van der Waals surface area (Å²) < 4.78 is 0. The van der Waals surface area contributed by atoms with Crippen LogP contribution in [0.25, 0.3) is 0 Å². The first kappa shape index (κ1) is 13.3. The molecule has 2 atom stereocenters. The number of hydrogen-bond donors (Lipinski definition) is 1. The summed E-state index contributed by atoms with van der Waals surface area (Å²) in [6.07, 6.45) is 5.57. The first-order valence-electron chi connectivity index (χ1n) is 7.21. The Morgan fingerprint density at radius 3 is 3.06 bits per heavy atom. The molecule has 0 radical (unpaired) electrons. The van der Waals surface area contributed by atoms with Crippen LogP contribution in [0.2, 0.25) is 0 Å². The van der Waals surface area contributed by atoms with E-state index < -0.39 is 0 Å². The van der Waals surface area contributed by atoms with E-state index in [9.17, 15) is 0 Å². The van der Waals surface area contributed by atoms with E-state index in [0.29, 0.717) is 12.1 Å². The van der Waals surface area contributed by atoms with Crippen LogP contribution in [0.1, 0.15) is 51.6 Å². The van der Waals surface area contributed by atoms with Crippen molar-refractivity contribution >= 4 is 5.82 Å². The fraction of sp³-hybridized carbons (Fsp3) is 0.667. The molecule has 1 fully saturated rings. The van der Waals surface area contributed by atoms with Gasteiger partial charge in [-0.15, -0.1) is 0 Å². The van der Waals surface area contributed by atoms with E-state index in [4.69, 9.17) is 0 Å². The Hall–Kier alpha value is -1.09. The van der Waals surface area contributed by atoms with Crippen molar-refractivity contribution in [1.29, 1.82) is 0 Å². The van der Waals surface area contributed by atoms with Crippen molar-refractivity contribution in [2.45, 2.75) is 52.1 Å². The standard InChI is InChI=1S/C15H25N3/c1-4-12(3)17-15-13(8-6-10-16-15)14-9-7-11-18(14)5-2/h6,8,10,12,14H,4-5,7,9,11H2,1-3H3,(H,16,17)/t12-,14-/m0/s1. The van der Waals surface area contributed by atoms with Gasteiger partial charge in [-0.05, 0) is 45.3 Å². The van der Waals surface area contributed by atoms with Gasteiger partial charge in [-0.3, -0.25) is 4.90 Å². The van der Waals surface area contributed by atoms with Gasteiger partial charge in [0.05, 0.1) is 0 Å². The van der Waals surface area contributed by atoms with Crippen LogP contribution in [0.15, 0.2) is 18.3 Å². The molecule has 3 nitrogen and oxygen atoms in total. The molecule has 100 valence electrons. The smallest absolute Gasteiger partial charge is 0.130 e. The van der Waals surface area contributed by atoms with E-state index in [2.05, 4.69) is 48.1 Å². The molecule has 3 heteroatoms. The van der Waals surface area contributed by atoms with Gasteiger partial charge in [0.25, 0.3) is 0 Å². The van der Waals surface area contributed by atoms with Gasteiger partial charge in [-0.25, -0.2) is 4.98 Å². The Bertz CT molecular complexity index is 378. The molecule has 0 bridgehead atoms. The van der Waals surface area contributed by atoms with Crippen molar-refractivity contribution in [3.63, 3.8) is 0 Å². The minimum atomic E-state index is 0.482. The Balaban J connectivity index is 2.21. The normalized spacial score (nSPS) is 22.1. The molecule has 0 amide bonds. The number of rotatable bonds is 5. The largest absolute Gasteiger partial charge is 0.367 e. The summed E-state index contributed by atoms with van der Waals surface area (Å²) in [7, 11) is 0. The first-order chi connectivity index (χ1) is 8.76. The van der Waals surface area contributed by atoms with Gasteiger partial charge in [0.2, 0.25) is 0 Å². The Morgan fingerprint density at radius 1 is 1.50 bits per heavy atom. The Kier molecular flexibility index (Phi) is 4.59. The van der Waals surface area contributed by atoms with Gasteiger partial charge in [0, 0.05) is 23.8 Å². The highest BCUT2D eigenvalue weighted by molar-refractivity contribution is 5.46. The van der Waals surface area contributed by atoms with Gasteiger partial charge < -0.3 is 5.32 Å². The second kappa shape index (κ2) is 6.19. The zero-order valence-electron chi connectivity index (χ0n) is 11.8. The zero-order chi connectivity index (χ0) is 13.0. The third-order valence-electron chi connectivity index (χ3n) is 3.96. The number of nitrogens with one attached hydrogen (secondary N) is 1. The predicted octanol–water partition coefficient (Wildman–Crippen LogP) is 3.45. The number of anilines is 1. The highest BCUT2D eigenvalue weighted by Gasteiger charge is 2.27. The fourth-order valence-corrected chi connectivity index (χ4v) is 2.70. The maximum absolute atomic E-state index is 4.54. The van der Waals surface area contributed by atoms with Crippen molar-refractivity contribution in [2.24, 2.45) is 0 Å². The fourth-order valence-electron chi connectivity index (χ4n) is 2.70. The molecule has 0 unspecified atom stereocenters. The van der Waals surface area contributed by atoms with E-state index in [1.807, 2.05) is 6.20 Å². The number of pyridine rings is 1. The Morgan fingerprint density at radius 2 is 2.33 bits per heavy atom. The maximum atomic E-state index is 4.54. The molecule has 0 aromatic carbocycles. The lowest BCUT2D eigenvalue weighted by molar-refractivity contribution is 0.271. The van der Waals surface area contributed by atoms with E-state index >= 15 is 0 Å². The monoisotopic (exact) mass is 247 g/mol. The SMILES string of the molecule is CC[C@H](C)Nc1ncccc1[C@@H]1CCCN1CC. The van der Waals surface area contributed by atoms with Gasteiger partial charge in [-0.2, -0.15) is 0 Å². The molecule has 1 aromatic heterocycles. The van der Waals surface area contributed by atoms with Crippen LogP contribution in [0.4, 0.5) is 5.82 Å². The molecule has 1 saturated heterocycles. The molecule has 1 aromatic rings. The molecule has 1 N–H and O–H groups in total. The van der Waals surface area contributed by atoms with E-state index in [1.165, 1.54) is 24.9 Å². The number of aromatic nitrogens is 1. The third-order valence-corrected chi connectivity index (χ3v) is 3.96. The summed E-state index contributed by atoms with van der Waals surface area (Å²) in [5.74, 6) is 1.08. The molecule has 18 heavy (non-hydrogen) atoms. The van der Waals surface area contributed by atoms with Crippen LogP contribution in [-0.2, 0) is 0 Å². The molecule has 2 heterocycles. The lowest BCUT2D eigenvalue weighted by atomic mass is 10.0. The van der Waals surface area contributed by atoms with E-state index in [0.717, 1.165) is 18.8 Å². The molecule has 0 aliphatic carbocycles. The van der Waals surface area contributed by atoms with Crippen LogP contribution >= 0.6 is 0 Å². The first-order valence-corrected chi connectivity index (χ1v) is 7.21. The van der Waals surface area contributed by atoms with Crippen LogP contribution in [0.3, 0.4) is 0 Å². The highest BCUT2D eigenvalue weighted by atomic mass is 15.2. The molecule has 0 saturated carbocycles. The predicted molar refractivity (Wildman–Crippen MR) is 76.8 cm³/mol. The molecule has 2 rings (SSSR count). The topological polar surface area (TPSA) is 28.2 Å². The van der Waals surface area contributed by atoms with Crippen molar-refractivity contribution in [1.82, 2.24) is 9.88 Å².